The van der Waals surface area contributed by atoms with E-state index in [1.54, 1.807) is 24.3 Å². The Labute approximate surface area is 114 Å². The van der Waals surface area contributed by atoms with Gasteiger partial charge >= 0.3 is 6.18 Å². The molecule has 2 aromatic rings. The van der Waals surface area contributed by atoms with Gasteiger partial charge in [0.15, 0.2) is 0 Å². The second-order valence-electron chi connectivity index (χ2n) is 4.26. The molecular formula is C13H14F3N3O. The number of nitrogens with two attached hydrogens (primary N) is 1. The van der Waals surface area contributed by atoms with Crippen LogP contribution in [0.3, 0.4) is 0 Å². The number of rotatable bonds is 5. The number of aromatic nitrogens is 2. The van der Waals surface area contributed by atoms with E-state index in [1.807, 2.05) is 0 Å². The summed E-state index contributed by atoms with van der Waals surface area (Å²) in [5.41, 5.74) is 5.44. The number of ether oxygens (including phenoxy) is 1. The first-order chi connectivity index (χ1) is 9.45. The Balaban J connectivity index is 1.76. The minimum absolute atomic E-state index is 0.366. The molecule has 0 saturated heterocycles. The van der Waals surface area contributed by atoms with Crippen molar-refractivity contribution in [1.29, 1.82) is 0 Å². The Kier molecular flexibility index (Phi) is 4.16. The van der Waals surface area contributed by atoms with Gasteiger partial charge in [0.05, 0.1) is 18.4 Å². The van der Waals surface area contributed by atoms with E-state index in [2.05, 4.69) is 5.10 Å². The molecule has 0 fully saturated rings. The fourth-order valence-electron chi connectivity index (χ4n) is 1.61. The molecule has 0 amide bonds. The Hall–Kier alpha value is -2.18. The van der Waals surface area contributed by atoms with Gasteiger partial charge in [-0.1, -0.05) is 0 Å². The van der Waals surface area contributed by atoms with E-state index < -0.39 is 11.7 Å². The lowest BCUT2D eigenvalue weighted by Gasteiger charge is -2.06. The van der Waals surface area contributed by atoms with Crippen molar-refractivity contribution in [3.05, 3.63) is 42.2 Å². The summed E-state index contributed by atoms with van der Waals surface area (Å²) in [5, 5.41) is 3.66. The van der Waals surface area contributed by atoms with Crippen LogP contribution in [-0.2, 0) is 12.7 Å². The molecule has 4 nitrogen and oxygen atoms in total. The van der Waals surface area contributed by atoms with Gasteiger partial charge in [-0.15, -0.1) is 0 Å². The summed E-state index contributed by atoms with van der Waals surface area (Å²) in [5.74, 6) is 0.677. The SMILES string of the molecule is Nc1ccc(OCCCn2cc(C(F)(F)F)cn2)cc1. The highest BCUT2D eigenvalue weighted by Gasteiger charge is 2.32. The van der Waals surface area contributed by atoms with Gasteiger partial charge in [0.1, 0.15) is 5.75 Å². The first-order valence-corrected chi connectivity index (χ1v) is 6.03. The predicted molar refractivity (Wildman–Crippen MR) is 68.2 cm³/mol. The molecule has 1 heterocycles. The summed E-state index contributed by atoms with van der Waals surface area (Å²) in [6.45, 7) is 0.760. The number of anilines is 1. The molecule has 1 aromatic carbocycles. The minimum Gasteiger partial charge on any atom is -0.494 e. The van der Waals surface area contributed by atoms with Crippen LogP contribution in [0.15, 0.2) is 36.7 Å². The summed E-state index contributed by atoms with van der Waals surface area (Å²) in [7, 11) is 0. The van der Waals surface area contributed by atoms with Crippen LogP contribution in [-0.4, -0.2) is 16.4 Å². The topological polar surface area (TPSA) is 53.1 Å². The number of benzene rings is 1. The molecule has 2 rings (SSSR count). The number of nitrogen functional groups attached to an aromatic ring is 1. The van der Waals surface area contributed by atoms with Gasteiger partial charge in [0, 0.05) is 24.8 Å². The Morgan fingerprint density at radius 1 is 1.20 bits per heavy atom. The maximum atomic E-state index is 12.4. The van der Waals surface area contributed by atoms with E-state index in [9.17, 15) is 13.2 Å². The van der Waals surface area contributed by atoms with E-state index in [0.717, 1.165) is 12.4 Å². The lowest BCUT2D eigenvalue weighted by molar-refractivity contribution is -0.137. The van der Waals surface area contributed by atoms with Gasteiger partial charge < -0.3 is 10.5 Å². The average Bonchev–Trinajstić information content (AvgIpc) is 2.85. The molecule has 0 bridgehead atoms. The number of hydrogen-bond donors (Lipinski definition) is 1. The van der Waals surface area contributed by atoms with Gasteiger partial charge in [-0.05, 0) is 24.3 Å². The Morgan fingerprint density at radius 2 is 1.90 bits per heavy atom. The van der Waals surface area contributed by atoms with E-state index in [4.69, 9.17) is 10.5 Å². The quantitative estimate of drug-likeness (QED) is 0.678. The summed E-state index contributed by atoms with van der Waals surface area (Å²) < 4.78 is 43.8. The molecule has 0 unspecified atom stereocenters. The van der Waals surface area contributed by atoms with Crippen molar-refractivity contribution in [3.8, 4) is 5.75 Å². The zero-order valence-electron chi connectivity index (χ0n) is 10.6. The van der Waals surface area contributed by atoms with Gasteiger partial charge in [-0.2, -0.15) is 18.3 Å². The lowest BCUT2D eigenvalue weighted by atomic mass is 10.3. The number of aryl methyl sites for hydroxylation is 1. The molecule has 7 heteroatoms. The van der Waals surface area contributed by atoms with Crippen LogP contribution in [0.4, 0.5) is 18.9 Å². The minimum atomic E-state index is -4.35. The third kappa shape index (κ3) is 3.91. The van der Waals surface area contributed by atoms with Crippen LogP contribution in [0.5, 0.6) is 5.75 Å². The zero-order chi connectivity index (χ0) is 14.6. The summed E-state index contributed by atoms with van der Waals surface area (Å²) in [6.07, 6.45) is -1.98. The van der Waals surface area contributed by atoms with Crippen molar-refractivity contribution in [2.75, 3.05) is 12.3 Å². The van der Waals surface area contributed by atoms with Crippen LogP contribution >= 0.6 is 0 Å². The van der Waals surface area contributed by atoms with Crippen LogP contribution in [0.25, 0.3) is 0 Å². The Bertz CT molecular complexity index is 549. The van der Waals surface area contributed by atoms with E-state index in [-0.39, 0.29) is 0 Å². The number of nitrogens with zero attached hydrogens (tertiary/aromatic N) is 2. The normalized spacial score (nSPS) is 11.6. The van der Waals surface area contributed by atoms with Crippen LogP contribution < -0.4 is 10.5 Å². The van der Waals surface area contributed by atoms with Gasteiger partial charge in [0.25, 0.3) is 0 Å². The monoisotopic (exact) mass is 285 g/mol. The van der Waals surface area contributed by atoms with Crippen LogP contribution in [0, 0.1) is 0 Å². The van der Waals surface area contributed by atoms with Crippen molar-refractivity contribution in [2.45, 2.75) is 19.1 Å². The molecule has 0 radical (unpaired) electrons. The molecular weight excluding hydrogens is 271 g/mol. The van der Waals surface area contributed by atoms with Crippen molar-refractivity contribution in [1.82, 2.24) is 9.78 Å². The first kappa shape index (κ1) is 14.2. The molecule has 108 valence electrons. The van der Waals surface area contributed by atoms with E-state index in [0.29, 0.717) is 31.0 Å². The largest absolute Gasteiger partial charge is 0.494 e. The van der Waals surface area contributed by atoms with Crippen molar-refractivity contribution in [2.24, 2.45) is 0 Å². The lowest BCUT2D eigenvalue weighted by Crippen LogP contribution is -2.06. The number of hydrogen-bond acceptors (Lipinski definition) is 3. The molecule has 1 aromatic heterocycles. The summed E-state index contributed by atoms with van der Waals surface area (Å²) >= 11 is 0. The molecule has 0 saturated carbocycles. The van der Waals surface area contributed by atoms with Crippen molar-refractivity contribution in [3.63, 3.8) is 0 Å². The van der Waals surface area contributed by atoms with E-state index >= 15 is 0 Å². The third-order valence-electron chi connectivity index (χ3n) is 2.64. The molecule has 0 aliphatic carbocycles. The molecule has 0 atom stereocenters. The smallest absolute Gasteiger partial charge is 0.419 e. The van der Waals surface area contributed by atoms with Crippen LogP contribution in [0.1, 0.15) is 12.0 Å². The summed E-state index contributed by atoms with van der Waals surface area (Å²) in [4.78, 5) is 0. The molecule has 0 spiro atoms. The average molecular weight is 285 g/mol. The molecule has 0 aliphatic rings. The molecule has 20 heavy (non-hydrogen) atoms. The first-order valence-electron chi connectivity index (χ1n) is 6.03. The Morgan fingerprint density at radius 3 is 2.50 bits per heavy atom. The standard InChI is InChI=1S/C13H14F3N3O/c14-13(15,16)10-8-18-19(9-10)6-1-7-20-12-4-2-11(17)3-5-12/h2-5,8-9H,1,6-7,17H2. The van der Waals surface area contributed by atoms with Crippen molar-refractivity contribution >= 4 is 5.69 Å². The highest BCUT2D eigenvalue weighted by atomic mass is 19.4. The number of alkyl halides is 3. The third-order valence-corrected chi connectivity index (χ3v) is 2.64. The van der Waals surface area contributed by atoms with Gasteiger partial charge in [-0.3, -0.25) is 4.68 Å². The highest BCUT2D eigenvalue weighted by Crippen LogP contribution is 2.28. The zero-order valence-corrected chi connectivity index (χ0v) is 10.6. The number of halogens is 3. The van der Waals surface area contributed by atoms with Gasteiger partial charge in [-0.25, -0.2) is 0 Å². The predicted octanol–water partition coefficient (Wildman–Crippen LogP) is 2.95. The van der Waals surface area contributed by atoms with Crippen molar-refractivity contribution < 1.29 is 17.9 Å². The second-order valence-corrected chi connectivity index (χ2v) is 4.26. The fourth-order valence-corrected chi connectivity index (χ4v) is 1.61. The maximum absolute atomic E-state index is 12.4. The highest BCUT2D eigenvalue weighted by molar-refractivity contribution is 5.41. The summed E-state index contributed by atoms with van der Waals surface area (Å²) in [6, 6.07) is 6.92. The fraction of sp³-hybridized carbons (Fsp3) is 0.308. The van der Waals surface area contributed by atoms with E-state index in [1.165, 1.54) is 4.68 Å². The molecule has 0 aliphatic heterocycles. The maximum Gasteiger partial charge on any atom is 0.419 e. The second kappa shape index (κ2) is 5.85. The molecule has 2 N–H and O–H groups in total. The van der Waals surface area contributed by atoms with Crippen LogP contribution in [0.2, 0.25) is 0 Å². The van der Waals surface area contributed by atoms with Gasteiger partial charge in [0.2, 0.25) is 0 Å².